The van der Waals surface area contributed by atoms with Crippen LogP contribution in [0.15, 0.2) is 36.4 Å². The molecule has 4 saturated heterocycles. The van der Waals surface area contributed by atoms with Crippen LogP contribution in [0.5, 0.6) is 0 Å². The average molecular weight is 617 g/mol. The van der Waals surface area contributed by atoms with Crippen molar-refractivity contribution in [3.63, 3.8) is 0 Å². The molecule has 43 heavy (non-hydrogen) atoms. The van der Waals surface area contributed by atoms with Crippen LogP contribution in [0, 0.1) is 10.1 Å². The van der Waals surface area contributed by atoms with Crippen molar-refractivity contribution < 1.29 is 14.4 Å². The zero-order valence-electron chi connectivity index (χ0n) is 25.5. The lowest BCUT2D eigenvalue weighted by atomic mass is 10.1. The van der Waals surface area contributed by atoms with Crippen LogP contribution in [0.1, 0.15) is 49.7 Å². The maximum Gasteiger partial charge on any atom is 0.292 e. The number of nitrogens with two attached hydrogens (primary N) is 1. The lowest BCUT2D eigenvalue weighted by Crippen LogP contribution is -2.35. The molecule has 0 aliphatic carbocycles. The number of halogens is 1. The van der Waals surface area contributed by atoms with Crippen molar-refractivity contribution in [2.24, 2.45) is 0 Å². The second-order valence-electron chi connectivity index (χ2n) is 11.8. The highest BCUT2D eigenvalue weighted by molar-refractivity contribution is 5.85. The summed E-state index contributed by atoms with van der Waals surface area (Å²) in [6.07, 6.45) is 7.38. The van der Waals surface area contributed by atoms with Crippen LogP contribution in [0.25, 0.3) is 0 Å². The highest BCUT2D eigenvalue weighted by Crippen LogP contribution is 2.32. The maximum absolute atomic E-state index is 11.5. The monoisotopic (exact) mass is 616 g/mol. The van der Waals surface area contributed by atoms with E-state index in [1.54, 1.807) is 6.07 Å². The van der Waals surface area contributed by atoms with Gasteiger partial charge >= 0.3 is 0 Å². The van der Waals surface area contributed by atoms with Crippen LogP contribution in [0.3, 0.4) is 0 Å². The molecule has 0 atom stereocenters. The minimum absolute atomic E-state index is 0. The first kappa shape index (κ1) is 33.3. The summed E-state index contributed by atoms with van der Waals surface area (Å²) in [5, 5.41) is 11.5. The Bertz CT molecular complexity index is 1150. The van der Waals surface area contributed by atoms with E-state index in [2.05, 4.69) is 37.8 Å². The van der Waals surface area contributed by atoms with Gasteiger partial charge in [-0.25, -0.2) is 0 Å². The van der Waals surface area contributed by atoms with Gasteiger partial charge in [0.2, 0.25) is 0 Å². The standard InChI is InChI=1S/C16H23N3O3.C16H25N3O.ClH/c20-19(21)16-12-14(13-17-8-10-22-11-9-17)4-5-15(16)18-6-2-1-3-7-18;17-15-12-14(13-18-8-10-20-11-9-18)4-5-16(15)19-6-2-1-3-7-19;/h4-5,12H,1-3,6-11,13H2;4-5,12H,1-3,6-11,13,17H2;1H. The molecule has 0 radical (unpaired) electrons. The van der Waals surface area contributed by atoms with Gasteiger partial charge in [-0.3, -0.25) is 19.9 Å². The molecule has 4 fully saturated rings. The number of nitrogens with zero attached hydrogens (tertiary/aromatic N) is 5. The number of rotatable bonds is 7. The largest absolute Gasteiger partial charge is 0.397 e. The van der Waals surface area contributed by atoms with Gasteiger partial charge in [-0.1, -0.05) is 12.1 Å². The summed E-state index contributed by atoms with van der Waals surface area (Å²) < 4.78 is 10.7. The fourth-order valence-electron chi connectivity index (χ4n) is 6.38. The third-order valence-electron chi connectivity index (χ3n) is 8.74. The SMILES string of the molecule is Cl.Nc1cc(CN2CCOCC2)ccc1N1CCCCC1.O=[N+]([O-])c1cc(CN2CCOCC2)ccc1N1CCCCC1. The first-order valence-electron chi connectivity index (χ1n) is 15.8. The molecule has 0 aromatic heterocycles. The van der Waals surface area contributed by atoms with Crippen molar-refractivity contribution in [1.82, 2.24) is 9.80 Å². The van der Waals surface area contributed by atoms with E-state index in [0.717, 1.165) is 122 Å². The number of ether oxygens (including phenoxy) is 2. The molecule has 2 N–H and O–H groups in total. The summed E-state index contributed by atoms with van der Waals surface area (Å²) in [6, 6.07) is 12.3. The molecule has 6 rings (SSSR count). The van der Waals surface area contributed by atoms with E-state index in [-0.39, 0.29) is 23.0 Å². The molecule has 4 aliphatic rings. The van der Waals surface area contributed by atoms with Crippen LogP contribution >= 0.6 is 12.4 Å². The Morgan fingerprint density at radius 2 is 1.09 bits per heavy atom. The van der Waals surface area contributed by atoms with E-state index in [4.69, 9.17) is 15.2 Å². The molecule has 0 saturated carbocycles. The van der Waals surface area contributed by atoms with Gasteiger partial charge < -0.3 is 25.0 Å². The van der Waals surface area contributed by atoms with E-state index in [1.807, 2.05) is 12.1 Å². The average Bonchev–Trinajstić information content (AvgIpc) is 3.03. The molecule has 2 aromatic rings. The normalized spacial score (nSPS) is 20.1. The third kappa shape index (κ3) is 9.68. The maximum atomic E-state index is 11.5. The minimum atomic E-state index is -0.243. The number of hydrogen-bond donors (Lipinski definition) is 1. The number of anilines is 3. The fraction of sp³-hybridized carbons (Fsp3) is 0.625. The predicted molar refractivity (Wildman–Crippen MR) is 176 cm³/mol. The Labute approximate surface area is 262 Å². The van der Waals surface area contributed by atoms with Gasteiger partial charge in [-0.05, 0) is 67.9 Å². The lowest BCUT2D eigenvalue weighted by Gasteiger charge is -2.30. The van der Waals surface area contributed by atoms with E-state index in [0.29, 0.717) is 0 Å². The number of nitro benzene ring substituents is 1. The predicted octanol–water partition coefficient (Wildman–Crippen LogP) is 4.93. The van der Waals surface area contributed by atoms with Crippen molar-refractivity contribution in [2.45, 2.75) is 51.6 Å². The molecule has 4 aliphatic heterocycles. The number of nitro groups is 1. The minimum Gasteiger partial charge on any atom is -0.397 e. The zero-order valence-corrected chi connectivity index (χ0v) is 26.3. The fourth-order valence-corrected chi connectivity index (χ4v) is 6.38. The molecule has 2 aromatic carbocycles. The topological polar surface area (TPSA) is 101 Å². The third-order valence-corrected chi connectivity index (χ3v) is 8.74. The van der Waals surface area contributed by atoms with E-state index >= 15 is 0 Å². The second-order valence-corrected chi connectivity index (χ2v) is 11.8. The molecular weight excluding hydrogens is 568 g/mol. The summed E-state index contributed by atoms with van der Waals surface area (Å²) in [6.45, 7) is 12.9. The Morgan fingerprint density at radius 1 is 0.651 bits per heavy atom. The molecule has 238 valence electrons. The van der Waals surface area contributed by atoms with Crippen LogP contribution < -0.4 is 15.5 Å². The van der Waals surface area contributed by atoms with Crippen molar-refractivity contribution in [3.05, 3.63) is 57.6 Å². The number of benzene rings is 2. The van der Waals surface area contributed by atoms with E-state index < -0.39 is 0 Å². The zero-order chi connectivity index (χ0) is 29.1. The van der Waals surface area contributed by atoms with Crippen LogP contribution in [-0.4, -0.2) is 93.5 Å². The Balaban J connectivity index is 0.000000193. The van der Waals surface area contributed by atoms with Crippen LogP contribution in [0.4, 0.5) is 22.7 Å². The smallest absolute Gasteiger partial charge is 0.292 e. The van der Waals surface area contributed by atoms with Gasteiger partial charge in [0.25, 0.3) is 5.69 Å². The van der Waals surface area contributed by atoms with Gasteiger partial charge in [-0.2, -0.15) is 0 Å². The summed E-state index contributed by atoms with van der Waals surface area (Å²) in [5.74, 6) is 0. The Kier molecular flexibility index (Phi) is 13.2. The first-order valence-corrected chi connectivity index (χ1v) is 15.8. The summed E-state index contributed by atoms with van der Waals surface area (Å²) in [5.41, 5.74) is 11.8. The number of piperidine rings is 2. The van der Waals surface area contributed by atoms with Gasteiger partial charge in [0.15, 0.2) is 0 Å². The quantitative estimate of drug-likeness (QED) is 0.264. The number of nitrogen functional groups attached to an aromatic ring is 1. The molecule has 0 bridgehead atoms. The Morgan fingerprint density at radius 3 is 1.56 bits per heavy atom. The highest BCUT2D eigenvalue weighted by atomic mass is 35.5. The van der Waals surface area contributed by atoms with Crippen LogP contribution in [-0.2, 0) is 22.6 Å². The van der Waals surface area contributed by atoms with Gasteiger partial charge in [0.1, 0.15) is 5.69 Å². The van der Waals surface area contributed by atoms with Crippen LogP contribution in [0.2, 0.25) is 0 Å². The molecule has 10 nitrogen and oxygen atoms in total. The highest BCUT2D eigenvalue weighted by Gasteiger charge is 2.22. The first-order chi connectivity index (χ1) is 20.6. The van der Waals surface area contributed by atoms with Gasteiger partial charge in [0, 0.05) is 71.5 Å². The molecule has 4 heterocycles. The summed E-state index contributed by atoms with van der Waals surface area (Å²) in [4.78, 5) is 20.5. The van der Waals surface area contributed by atoms with E-state index in [9.17, 15) is 10.1 Å². The van der Waals surface area contributed by atoms with Crippen molar-refractivity contribution in [3.8, 4) is 0 Å². The molecule has 0 amide bonds. The molecule has 11 heteroatoms. The van der Waals surface area contributed by atoms with Crippen molar-refractivity contribution in [2.75, 3.05) is 94.3 Å². The second kappa shape index (κ2) is 17.0. The molecule has 0 spiro atoms. The molecule has 0 unspecified atom stereocenters. The molecular formula is C32H49ClN6O4. The Hall–Kier alpha value is -2.63. The number of morpholine rings is 2. The van der Waals surface area contributed by atoms with E-state index in [1.165, 1.54) is 36.9 Å². The number of hydrogen-bond acceptors (Lipinski definition) is 9. The van der Waals surface area contributed by atoms with Gasteiger partial charge in [0.05, 0.1) is 42.7 Å². The lowest BCUT2D eigenvalue weighted by molar-refractivity contribution is -0.384. The van der Waals surface area contributed by atoms with Crippen molar-refractivity contribution >= 4 is 35.2 Å². The summed E-state index contributed by atoms with van der Waals surface area (Å²) >= 11 is 0. The summed E-state index contributed by atoms with van der Waals surface area (Å²) in [7, 11) is 0. The van der Waals surface area contributed by atoms with Gasteiger partial charge in [-0.15, -0.1) is 12.4 Å². The van der Waals surface area contributed by atoms with Crippen molar-refractivity contribution in [1.29, 1.82) is 0 Å².